The molecule has 1 saturated heterocycles. The highest BCUT2D eigenvalue weighted by atomic mass is 35.5. The lowest BCUT2D eigenvalue weighted by molar-refractivity contribution is -0.142. The van der Waals surface area contributed by atoms with Crippen molar-refractivity contribution < 1.29 is 19.5 Å². The van der Waals surface area contributed by atoms with E-state index in [9.17, 15) is 19.5 Å². The van der Waals surface area contributed by atoms with E-state index in [0.717, 1.165) is 5.56 Å². The number of rotatable bonds is 7. The average molecular weight is 365 g/mol. The number of amides is 2. The second-order valence-corrected chi connectivity index (χ2v) is 6.52. The summed E-state index contributed by atoms with van der Waals surface area (Å²) in [6, 6.07) is 5.51. The Kier molecular flexibility index (Phi) is 6.20. The summed E-state index contributed by atoms with van der Waals surface area (Å²) >= 11 is 6.03. The van der Waals surface area contributed by atoms with Gasteiger partial charge in [0, 0.05) is 18.5 Å². The highest BCUT2D eigenvalue weighted by molar-refractivity contribution is 6.30. The summed E-state index contributed by atoms with van der Waals surface area (Å²) in [6.45, 7) is 3.56. The second kappa shape index (κ2) is 8.16. The molecule has 25 heavy (non-hydrogen) atoms. The van der Waals surface area contributed by atoms with Gasteiger partial charge in [-0.3, -0.25) is 9.59 Å². The van der Waals surface area contributed by atoms with Crippen LogP contribution < -0.4 is 5.32 Å². The number of nitrogens with one attached hydrogen (secondary N) is 1. The van der Waals surface area contributed by atoms with Crippen molar-refractivity contribution in [1.82, 2.24) is 10.2 Å². The minimum absolute atomic E-state index is 0.0350. The molecule has 1 aliphatic rings. The fraction of sp³-hybridized carbons (Fsp3) is 0.389. The first-order valence-electron chi connectivity index (χ1n) is 8.00. The maximum absolute atomic E-state index is 12.7. The summed E-state index contributed by atoms with van der Waals surface area (Å²) in [5, 5.41) is 12.3. The molecule has 1 aliphatic heterocycles. The zero-order valence-corrected chi connectivity index (χ0v) is 14.7. The lowest BCUT2D eigenvalue weighted by Crippen LogP contribution is -2.44. The van der Waals surface area contributed by atoms with Gasteiger partial charge in [-0.15, -0.1) is 6.58 Å². The Labute approximate surface area is 151 Å². The Morgan fingerprint density at radius 1 is 1.52 bits per heavy atom. The molecule has 1 aromatic carbocycles. The molecule has 6 nitrogen and oxygen atoms in total. The van der Waals surface area contributed by atoms with Gasteiger partial charge in [-0.25, -0.2) is 4.79 Å². The van der Waals surface area contributed by atoms with Crippen LogP contribution in [0.15, 0.2) is 36.9 Å². The molecule has 0 saturated carbocycles. The minimum Gasteiger partial charge on any atom is -0.480 e. The van der Waals surface area contributed by atoms with Gasteiger partial charge in [-0.2, -0.15) is 0 Å². The van der Waals surface area contributed by atoms with E-state index < -0.39 is 29.9 Å². The molecule has 7 heteroatoms. The van der Waals surface area contributed by atoms with Crippen molar-refractivity contribution in [3.63, 3.8) is 0 Å². The molecule has 0 spiro atoms. The number of aliphatic carboxylic acids is 1. The largest absolute Gasteiger partial charge is 0.480 e. The van der Waals surface area contributed by atoms with E-state index in [-0.39, 0.29) is 18.7 Å². The minimum atomic E-state index is -1.10. The van der Waals surface area contributed by atoms with Crippen LogP contribution in [0.4, 0.5) is 0 Å². The number of allylic oxidation sites excluding steroid dienone is 1. The maximum Gasteiger partial charge on any atom is 0.326 e. The SMILES string of the molecule is C=CCCC(NC(=O)C1CC(=O)N(C)C1c1cccc(Cl)c1)C(=O)O. The third kappa shape index (κ3) is 4.39. The van der Waals surface area contributed by atoms with E-state index in [1.807, 2.05) is 0 Å². The number of hydrogen-bond acceptors (Lipinski definition) is 3. The first-order chi connectivity index (χ1) is 11.8. The molecule has 2 amide bonds. The van der Waals surface area contributed by atoms with Crippen molar-refractivity contribution in [3.8, 4) is 0 Å². The molecule has 0 aliphatic carbocycles. The summed E-state index contributed by atoms with van der Waals surface area (Å²) in [5.41, 5.74) is 0.749. The van der Waals surface area contributed by atoms with Gasteiger partial charge < -0.3 is 15.3 Å². The summed E-state index contributed by atoms with van der Waals surface area (Å²) in [5.74, 6) is -2.38. The van der Waals surface area contributed by atoms with Crippen LogP contribution in [0.3, 0.4) is 0 Å². The van der Waals surface area contributed by atoms with Crippen LogP contribution in [0.5, 0.6) is 0 Å². The van der Waals surface area contributed by atoms with E-state index in [2.05, 4.69) is 11.9 Å². The summed E-state index contributed by atoms with van der Waals surface area (Å²) < 4.78 is 0. The summed E-state index contributed by atoms with van der Waals surface area (Å²) in [4.78, 5) is 37.6. The van der Waals surface area contributed by atoms with Crippen LogP contribution >= 0.6 is 11.6 Å². The number of benzene rings is 1. The van der Waals surface area contributed by atoms with E-state index in [1.54, 1.807) is 37.4 Å². The van der Waals surface area contributed by atoms with Crippen molar-refractivity contribution in [1.29, 1.82) is 0 Å². The van der Waals surface area contributed by atoms with Gasteiger partial charge in [-0.1, -0.05) is 29.8 Å². The monoisotopic (exact) mass is 364 g/mol. The highest BCUT2D eigenvalue weighted by Gasteiger charge is 2.43. The quantitative estimate of drug-likeness (QED) is 0.727. The van der Waals surface area contributed by atoms with Crippen LogP contribution in [0.2, 0.25) is 5.02 Å². The fourth-order valence-electron chi connectivity index (χ4n) is 3.07. The Morgan fingerprint density at radius 2 is 2.24 bits per heavy atom. The smallest absolute Gasteiger partial charge is 0.326 e. The van der Waals surface area contributed by atoms with Gasteiger partial charge >= 0.3 is 5.97 Å². The van der Waals surface area contributed by atoms with Crippen LogP contribution in [0.1, 0.15) is 30.9 Å². The molecule has 2 rings (SSSR count). The van der Waals surface area contributed by atoms with Crippen molar-refractivity contribution in [2.75, 3.05) is 7.05 Å². The van der Waals surface area contributed by atoms with Crippen LogP contribution in [0, 0.1) is 5.92 Å². The van der Waals surface area contributed by atoms with Crippen LogP contribution in [-0.2, 0) is 14.4 Å². The Bertz CT molecular complexity index is 691. The van der Waals surface area contributed by atoms with E-state index in [4.69, 9.17) is 11.6 Å². The molecule has 1 heterocycles. The predicted octanol–water partition coefficient (Wildman–Crippen LogP) is 2.40. The molecule has 3 unspecified atom stereocenters. The molecular formula is C18H21ClN2O4. The zero-order valence-electron chi connectivity index (χ0n) is 13.9. The molecule has 0 bridgehead atoms. The number of halogens is 1. The van der Waals surface area contributed by atoms with Gasteiger partial charge in [0.25, 0.3) is 0 Å². The summed E-state index contributed by atoms with van der Waals surface area (Å²) in [6.07, 6.45) is 2.36. The number of carboxylic acid groups (broad SMARTS) is 1. The normalized spacial score (nSPS) is 21.0. The van der Waals surface area contributed by atoms with Gasteiger partial charge in [0.05, 0.1) is 12.0 Å². The molecule has 134 valence electrons. The number of carbonyl (C=O) groups excluding carboxylic acids is 2. The zero-order chi connectivity index (χ0) is 18.6. The van der Waals surface area contributed by atoms with E-state index in [0.29, 0.717) is 11.4 Å². The number of likely N-dealkylation sites (tertiary alicyclic amines) is 1. The van der Waals surface area contributed by atoms with Crippen LogP contribution in [0.25, 0.3) is 0 Å². The molecule has 1 fully saturated rings. The maximum atomic E-state index is 12.7. The first-order valence-corrected chi connectivity index (χ1v) is 8.38. The molecule has 0 aromatic heterocycles. The number of carboxylic acids is 1. The molecule has 0 radical (unpaired) electrons. The van der Waals surface area contributed by atoms with Crippen molar-refractivity contribution in [2.45, 2.75) is 31.3 Å². The average Bonchev–Trinajstić information content (AvgIpc) is 2.86. The van der Waals surface area contributed by atoms with Gasteiger partial charge in [-0.05, 0) is 30.5 Å². The van der Waals surface area contributed by atoms with Crippen molar-refractivity contribution in [2.24, 2.45) is 5.92 Å². The third-order valence-electron chi connectivity index (χ3n) is 4.39. The Morgan fingerprint density at radius 3 is 2.84 bits per heavy atom. The molecule has 1 aromatic rings. The summed E-state index contributed by atoms with van der Waals surface area (Å²) in [7, 11) is 1.63. The number of nitrogens with zero attached hydrogens (tertiary/aromatic N) is 1. The third-order valence-corrected chi connectivity index (χ3v) is 4.62. The van der Waals surface area contributed by atoms with Crippen molar-refractivity contribution >= 4 is 29.4 Å². The van der Waals surface area contributed by atoms with Gasteiger partial charge in [0.2, 0.25) is 11.8 Å². The Balaban J connectivity index is 2.22. The molecular weight excluding hydrogens is 344 g/mol. The van der Waals surface area contributed by atoms with Crippen molar-refractivity contribution in [3.05, 3.63) is 47.5 Å². The second-order valence-electron chi connectivity index (χ2n) is 6.08. The van der Waals surface area contributed by atoms with Gasteiger partial charge in [0.15, 0.2) is 0 Å². The predicted molar refractivity (Wildman–Crippen MR) is 94.1 cm³/mol. The molecule has 3 atom stereocenters. The van der Waals surface area contributed by atoms with E-state index in [1.165, 1.54) is 4.90 Å². The lowest BCUT2D eigenvalue weighted by Gasteiger charge is -2.26. The fourth-order valence-corrected chi connectivity index (χ4v) is 3.27. The van der Waals surface area contributed by atoms with Gasteiger partial charge in [0.1, 0.15) is 6.04 Å². The standard InChI is InChI=1S/C18H21ClN2O4/c1-3-4-8-14(18(24)25)20-17(23)13-10-15(22)21(2)16(13)11-6-5-7-12(19)9-11/h3,5-7,9,13-14,16H,1,4,8,10H2,2H3,(H,20,23)(H,24,25). The topological polar surface area (TPSA) is 86.7 Å². The lowest BCUT2D eigenvalue weighted by atomic mass is 9.92. The number of carbonyl (C=O) groups is 3. The number of hydrogen-bond donors (Lipinski definition) is 2. The first kappa shape index (κ1) is 19.0. The molecule has 2 N–H and O–H groups in total. The Hall–Kier alpha value is -2.34. The van der Waals surface area contributed by atoms with E-state index >= 15 is 0 Å². The highest BCUT2D eigenvalue weighted by Crippen LogP contribution is 2.37. The van der Waals surface area contributed by atoms with Crippen LogP contribution in [-0.4, -0.2) is 40.9 Å².